The Morgan fingerprint density at radius 2 is 2.10 bits per heavy atom. The van der Waals surface area contributed by atoms with Gasteiger partial charge in [0.2, 0.25) is 0 Å². The minimum absolute atomic E-state index is 0.555. The van der Waals surface area contributed by atoms with Crippen LogP contribution in [0, 0.1) is 17.2 Å². The maximum Gasteiger partial charge on any atom is 0.148 e. The summed E-state index contributed by atoms with van der Waals surface area (Å²) in [5.41, 5.74) is -1.12. The smallest absolute Gasteiger partial charge is 0.148 e. The SMILES string of the molecule is CC(C)CCC(C)(O)C#N. The first-order valence-corrected chi connectivity index (χ1v) is 3.61. The molecular weight excluding hydrogens is 126 g/mol. The van der Waals surface area contributed by atoms with Gasteiger partial charge >= 0.3 is 0 Å². The summed E-state index contributed by atoms with van der Waals surface area (Å²) in [6.45, 7) is 5.70. The maximum atomic E-state index is 9.21. The van der Waals surface area contributed by atoms with Crippen LogP contribution in [0.2, 0.25) is 0 Å². The lowest BCUT2D eigenvalue weighted by atomic mass is 9.97. The quantitative estimate of drug-likeness (QED) is 0.608. The molecule has 0 spiro atoms. The van der Waals surface area contributed by atoms with Crippen LogP contribution in [0.25, 0.3) is 0 Å². The molecule has 0 aromatic heterocycles. The van der Waals surface area contributed by atoms with E-state index in [0.29, 0.717) is 12.3 Å². The molecule has 0 radical (unpaired) electrons. The number of hydrogen-bond acceptors (Lipinski definition) is 2. The first-order chi connectivity index (χ1) is 4.48. The molecule has 10 heavy (non-hydrogen) atoms. The Morgan fingerprint density at radius 1 is 1.60 bits per heavy atom. The van der Waals surface area contributed by atoms with E-state index in [9.17, 15) is 5.11 Å². The average Bonchev–Trinajstić information content (AvgIpc) is 1.85. The van der Waals surface area contributed by atoms with Crippen molar-refractivity contribution in [2.75, 3.05) is 0 Å². The minimum Gasteiger partial charge on any atom is -0.376 e. The van der Waals surface area contributed by atoms with E-state index in [0.717, 1.165) is 6.42 Å². The Hall–Kier alpha value is -0.550. The Morgan fingerprint density at radius 3 is 2.40 bits per heavy atom. The van der Waals surface area contributed by atoms with Crippen molar-refractivity contribution >= 4 is 0 Å². The first kappa shape index (κ1) is 9.45. The third-order valence-electron chi connectivity index (χ3n) is 1.45. The summed E-state index contributed by atoms with van der Waals surface area (Å²) < 4.78 is 0. The first-order valence-electron chi connectivity index (χ1n) is 3.61. The molecule has 1 unspecified atom stereocenters. The molecule has 0 saturated carbocycles. The lowest BCUT2D eigenvalue weighted by molar-refractivity contribution is 0.103. The summed E-state index contributed by atoms with van der Waals surface area (Å²) in [4.78, 5) is 0. The summed E-state index contributed by atoms with van der Waals surface area (Å²) in [6, 6.07) is 1.85. The molecule has 0 aliphatic carbocycles. The molecule has 2 nitrogen and oxygen atoms in total. The van der Waals surface area contributed by atoms with E-state index >= 15 is 0 Å². The van der Waals surface area contributed by atoms with E-state index in [2.05, 4.69) is 13.8 Å². The lowest BCUT2D eigenvalue weighted by Crippen LogP contribution is -2.21. The molecule has 0 amide bonds. The van der Waals surface area contributed by atoms with Crippen LogP contribution in [0.15, 0.2) is 0 Å². The van der Waals surface area contributed by atoms with Crippen molar-refractivity contribution in [2.45, 2.75) is 39.2 Å². The number of nitrogens with zero attached hydrogens (tertiary/aromatic N) is 1. The zero-order valence-electron chi connectivity index (χ0n) is 6.89. The summed E-state index contributed by atoms with van der Waals surface area (Å²) in [5, 5.41) is 17.6. The molecule has 0 aromatic rings. The topological polar surface area (TPSA) is 44.0 Å². The largest absolute Gasteiger partial charge is 0.376 e. The summed E-state index contributed by atoms with van der Waals surface area (Å²) in [6.07, 6.45) is 1.47. The number of aliphatic hydroxyl groups is 1. The van der Waals surface area contributed by atoms with E-state index in [4.69, 9.17) is 5.26 Å². The minimum atomic E-state index is -1.12. The van der Waals surface area contributed by atoms with Gasteiger partial charge in [0.1, 0.15) is 5.60 Å². The van der Waals surface area contributed by atoms with Crippen molar-refractivity contribution in [1.29, 1.82) is 5.26 Å². The third-order valence-corrected chi connectivity index (χ3v) is 1.45. The van der Waals surface area contributed by atoms with E-state index in [1.807, 2.05) is 6.07 Å². The highest BCUT2D eigenvalue weighted by Gasteiger charge is 2.18. The Bertz CT molecular complexity index is 133. The summed E-state index contributed by atoms with van der Waals surface area (Å²) in [5.74, 6) is 0.555. The molecule has 0 fully saturated rings. The highest BCUT2D eigenvalue weighted by atomic mass is 16.3. The molecule has 1 N–H and O–H groups in total. The highest BCUT2D eigenvalue weighted by molar-refractivity contribution is 4.95. The molecule has 2 heteroatoms. The molecular formula is C8H15NO. The van der Waals surface area contributed by atoms with Gasteiger partial charge in [0.15, 0.2) is 0 Å². The predicted molar refractivity (Wildman–Crippen MR) is 40.3 cm³/mol. The van der Waals surface area contributed by atoms with E-state index in [1.54, 1.807) is 6.92 Å². The monoisotopic (exact) mass is 141 g/mol. The molecule has 1 atom stereocenters. The van der Waals surface area contributed by atoms with E-state index in [1.165, 1.54) is 0 Å². The van der Waals surface area contributed by atoms with Crippen LogP contribution >= 0.6 is 0 Å². The number of hydrogen-bond donors (Lipinski definition) is 1. The molecule has 0 bridgehead atoms. The number of nitriles is 1. The molecule has 58 valence electrons. The number of rotatable bonds is 3. The van der Waals surface area contributed by atoms with Gasteiger partial charge in [-0.1, -0.05) is 13.8 Å². The van der Waals surface area contributed by atoms with E-state index < -0.39 is 5.60 Å². The third kappa shape index (κ3) is 4.34. The Kier molecular flexibility index (Phi) is 3.38. The predicted octanol–water partition coefficient (Wildman–Crippen LogP) is 1.70. The average molecular weight is 141 g/mol. The van der Waals surface area contributed by atoms with Crippen LogP contribution in [0.3, 0.4) is 0 Å². The second-order valence-electron chi connectivity index (χ2n) is 3.32. The van der Waals surface area contributed by atoms with Crippen molar-refractivity contribution in [3.63, 3.8) is 0 Å². The highest BCUT2D eigenvalue weighted by Crippen LogP contribution is 2.14. The van der Waals surface area contributed by atoms with Crippen LogP contribution in [-0.2, 0) is 0 Å². The maximum absolute atomic E-state index is 9.21. The van der Waals surface area contributed by atoms with Crippen LogP contribution < -0.4 is 0 Å². The van der Waals surface area contributed by atoms with Gasteiger partial charge < -0.3 is 5.11 Å². The fourth-order valence-electron chi connectivity index (χ4n) is 0.626. The fraction of sp³-hybridized carbons (Fsp3) is 0.875. The van der Waals surface area contributed by atoms with Crippen LogP contribution in [0.5, 0.6) is 0 Å². The summed E-state index contributed by atoms with van der Waals surface area (Å²) in [7, 11) is 0. The second-order valence-corrected chi connectivity index (χ2v) is 3.32. The second kappa shape index (κ2) is 3.58. The zero-order chi connectivity index (χ0) is 8.20. The molecule has 0 aliphatic rings. The van der Waals surface area contributed by atoms with Gasteiger partial charge in [0, 0.05) is 0 Å². The van der Waals surface area contributed by atoms with Gasteiger partial charge in [0.25, 0.3) is 0 Å². The van der Waals surface area contributed by atoms with E-state index in [-0.39, 0.29) is 0 Å². The zero-order valence-corrected chi connectivity index (χ0v) is 6.89. The van der Waals surface area contributed by atoms with Gasteiger partial charge in [-0.25, -0.2) is 0 Å². The molecule has 0 saturated heterocycles. The van der Waals surface area contributed by atoms with Crippen molar-refractivity contribution in [3.8, 4) is 6.07 Å². The van der Waals surface area contributed by atoms with Crippen molar-refractivity contribution < 1.29 is 5.11 Å². The molecule has 0 heterocycles. The Balaban J connectivity index is 3.60. The van der Waals surface area contributed by atoms with Gasteiger partial charge in [-0.2, -0.15) is 5.26 Å². The van der Waals surface area contributed by atoms with Gasteiger partial charge in [-0.3, -0.25) is 0 Å². The molecule has 0 aliphatic heterocycles. The van der Waals surface area contributed by atoms with Crippen LogP contribution in [0.4, 0.5) is 0 Å². The van der Waals surface area contributed by atoms with Crippen LogP contribution in [-0.4, -0.2) is 10.7 Å². The van der Waals surface area contributed by atoms with Crippen molar-refractivity contribution in [2.24, 2.45) is 5.92 Å². The summed E-state index contributed by atoms with van der Waals surface area (Å²) >= 11 is 0. The van der Waals surface area contributed by atoms with Crippen LogP contribution in [0.1, 0.15) is 33.6 Å². The standard InChI is InChI=1S/C8H15NO/c1-7(2)4-5-8(3,10)6-9/h7,10H,4-5H2,1-3H3. The van der Waals surface area contributed by atoms with Gasteiger partial charge in [-0.15, -0.1) is 0 Å². The fourth-order valence-corrected chi connectivity index (χ4v) is 0.626. The van der Waals surface area contributed by atoms with Crippen molar-refractivity contribution in [3.05, 3.63) is 0 Å². The lowest BCUT2D eigenvalue weighted by Gasteiger charge is -2.14. The van der Waals surface area contributed by atoms with Gasteiger partial charge in [-0.05, 0) is 25.7 Å². The Labute approximate surface area is 62.5 Å². The normalized spacial score (nSPS) is 16.4. The molecule has 0 rings (SSSR count). The van der Waals surface area contributed by atoms with Crippen molar-refractivity contribution in [1.82, 2.24) is 0 Å². The molecule has 0 aromatic carbocycles. The van der Waals surface area contributed by atoms with Gasteiger partial charge in [0.05, 0.1) is 6.07 Å².